The number of hydrogen-bond acceptors (Lipinski definition) is 4. The number of carbonyl (C=O) groups excluding carboxylic acids is 1. The van der Waals surface area contributed by atoms with Crippen LogP contribution in [0, 0.1) is 0 Å². The SMILES string of the molecule is CCC(NC(=O)C(C)Oc1ccc(OC)cc1)c1ccc(OC)cc1. The van der Waals surface area contributed by atoms with Crippen LogP contribution in [-0.4, -0.2) is 26.2 Å². The van der Waals surface area contributed by atoms with Gasteiger partial charge in [-0.3, -0.25) is 4.79 Å². The number of nitrogens with one attached hydrogen (secondary N) is 1. The van der Waals surface area contributed by atoms with Crippen molar-refractivity contribution in [3.63, 3.8) is 0 Å². The molecule has 0 heterocycles. The summed E-state index contributed by atoms with van der Waals surface area (Å²) in [6, 6.07) is 14.8. The summed E-state index contributed by atoms with van der Waals surface area (Å²) in [4.78, 5) is 12.5. The van der Waals surface area contributed by atoms with Gasteiger partial charge in [0.25, 0.3) is 5.91 Å². The molecule has 0 saturated heterocycles. The van der Waals surface area contributed by atoms with Crippen LogP contribution in [0.3, 0.4) is 0 Å². The van der Waals surface area contributed by atoms with E-state index in [2.05, 4.69) is 5.32 Å². The molecule has 5 nitrogen and oxygen atoms in total. The summed E-state index contributed by atoms with van der Waals surface area (Å²) >= 11 is 0. The Bertz CT molecular complexity index is 667. The number of ether oxygens (including phenoxy) is 3. The van der Waals surface area contributed by atoms with Gasteiger partial charge in [0.1, 0.15) is 17.2 Å². The van der Waals surface area contributed by atoms with E-state index in [1.165, 1.54) is 0 Å². The number of hydrogen-bond donors (Lipinski definition) is 1. The molecule has 2 unspecified atom stereocenters. The zero-order chi connectivity index (χ0) is 18.2. The second kappa shape index (κ2) is 8.97. The van der Waals surface area contributed by atoms with Crippen molar-refractivity contribution >= 4 is 5.91 Å². The van der Waals surface area contributed by atoms with Gasteiger partial charge in [-0.05, 0) is 55.3 Å². The van der Waals surface area contributed by atoms with Crippen LogP contribution in [0.4, 0.5) is 0 Å². The average molecular weight is 343 g/mol. The Morgan fingerprint density at radius 1 is 0.920 bits per heavy atom. The van der Waals surface area contributed by atoms with Gasteiger partial charge in [-0.2, -0.15) is 0 Å². The van der Waals surface area contributed by atoms with E-state index in [0.717, 1.165) is 23.5 Å². The Morgan fingerprint density at radius 3 is 1.88 bits per heavy atom. The molecule has 0 aliphatic carbocycles. The van der Waals surface area contributed by atoms with E-state index in [4.69, 9.17) is 14.2 Å². The molecule has 1 amide bonds. The van der Waals surface area contributed by atoms with Crippen molar-refractivity contribution in [1.82, 2.24) is 5.32 Å². The van der Waals surface area contributed by atoms with Crippen LogP contribution < -0.4 is 19.5 Å². The molecule has 2 aromatic carbocycles. The first-order valence-corrected chi connectivity index (χ1v) is 8.32. The molecule has 2 aromatic rings. The summed E-state index contributed by atoms with van der Waals surface area (Å²) in [6.07, 6.45) is 0.188. The molecule has 0 fully saturated rings. The van der Waals surface area contributed by atoms with Crippen molar-refractivity contribution in [2.45, 2.75) is 32.4 Å². The molecule has 0 spiro atoms. The van der Waals surface area contributed by atoms with E-state index in [9.17, 15) is 4.79 Å². The van der Waals surface area contributed by atoms with Crippen molar-refractivity contribution in [3.8, 4) is 17.2 Å². The molecule has 2 atom stereocenters. The molecule has 2 rings (SSSR count). The van der Waals surface area contributed by atoms with Crippen LogP contribution in [0.15, 0.2) is 48.5 Å². The van der Waals surface area contributed by atoms with Crippen LogP contribution in [0.2, 0.25) is 0 Å². The fourth-order valence-corrected chi connectivity index (χ4v) is 2.46. The first kappa shape index (κ1) is 18.6. The highest BCUT2D eigenvalue weighted by molar-refractivity contribution is 5.81. The lowest BCUT2D eigenvalue weighted by Crippen LogP contribution is -2.38. The van der Waals surface area contributed by atoms with E-state index in [0.29, 0.717) is 5.75 Å². The molecule has 0 radical (unpaired) electrons. The Morgan fingerprint density at radius 2 is 1.40 bits per heavy atom. The minimum absolute atomic E-state index is 0.0691. The van der Waals surface area contributed by atoms with E-state index in [1.54, 1.807) is 45.4 Å². The minimum atomic E-state index is -0.597. The van der Waals surface area contributed by atoms with Gasteiger partial charge in [-0.25, -0.2) is 0 Å². The molecule has 134 valence electrons. The van der Waals surface area contributed by atoms with Gasteiger partial charge < -0.3 is 19.5 Å². The van der Waals surface area contributed by atoms with Crippen molar-refractivity contribution in [2.24, 2.45) is 0 Å². The highest BCUT2D eigenvalue weighted by Crippen LogP contribution is 2.21. The number of methoxy groups -OCH3 is 2. The summed E-state index contributed by atoms with van der Waals surface area (Å²) in [7, 11) is 3.24. The van der Waals surface area contributed by atoms with Gasteiger partial charge in [0.05, 0.1) is 20.3 Å². The van der Waals surface area contributed by atoms with Crippen LogP contribution in [0.5, 0.6) is 17.2 Å². The molecule has 0 aliphatic rings. The minimum Gasteiger partial charge on any atom is -0.497 e. The van der Waals surface area contributed by atoms with Crippen LogP contribution in [0.1, 0.15) is 31.9 Å². The quantitative estimate of drug-likeness (QED) is 0.793. The monoisotopic (exact) mass is 343 g/mol. The summed E-state index contributed by atoms with van der Waals surface area (Å²) in [5, 5.41) is 3.03. The predicted octanol–water partition coefficient (Wildman–Crippen LogP) is 3.74. The first-order valence-electron chi connectivity index (χ1n) is 8.32. The molecule has 1 N–H and O–H groups in total. The third-order valence-electron chi connectivity index (χ3n) is 3.98. The highest BCUT2D eigenvalue weighted by atomic mass is 16.5. The van der Waals surface area contributed by atoms with E-state index >= 15 is 0 Å². The largest absolute Gasteiger partial charge is 0.497 e. The Hall–Kier alpha value is -2.69. The Kier molecular flexibility index (Phi) is 6.69. The van der Waals surface area contributed by atoms with Crippen LogP contribution in [-0.2, 0) is 4.79 Å². The maximum atomic E-state index is 12.5. The number of carbonyl (C=O) groups is 1. The second-order valence-electron chi connectivity index (χ2n) is 5.68. The third-order valence-corrected chi connectivity index (χ3v) is 3.98. The average Bonchev–Trinajstić information content (AvgIpc) is 2.66. The molecule has 0 saturated carbocycles. The van der Waals surface area contributed by atoms with Crippen molar-refractivity contribution in [3.05, 3.63) is 54.1 Å². The zero-order valence-corrected chi connectivity index (χ0v) is 15.1. The topological polar surface area (TPSA) is 56.8 Å². The number of rotatable bonds is 8. The lowest BCUT2D eigenvalue weighted by atomic mass is 10.0. The maximum absolute atomic E-state index is 12.5. The van der Waals surface area contributed by atoms with Crippen molar-refractivity contribution < 1.29 is 19.0 Å². The zero-order valence-electron chi connectivity index (χ0n) is 15.1. The van der Waals surface area contributed by atoms with Crippen LogP contribution >= 0.6 is 0 Å². The molecular weight excluding hydrogens is 318 g/mol. The third kappa shape index (κ3) is 5.14. The predicted molar refractivity (Wildman–Crippen MR) is 97.3 cm³/mol. The van der Waals surface area contributed by atoms with Gasteiger partial charge >= 0.3 is 0 Å². The summed E-state index contributed by atoms with van der Waals surface area (Å²) in [5.74, 6) is 2.01. The fraction of sp³-hybridized carbons (Fsp3) is 0.350. The normalized spacial score (nSPS) is 12.8. The van der Waals surface area contributed by atoms with Gasteiger partial charge in [0, 0.05) is 0 Å². The number of amides is 1. The second-order valence-corrected chi connectivity index (χ2v) is 5.68. The first-order chi connectivity index (χ1) is 12.1. The van der Waals surface area contributed by atoms with E-state index in [-0.39, 0.29) is 11.9 Å². The highest BCUT2D eigenvalue weighted by Gasteiger charge is 2.19. The van der Waals surface area contributed by atoms with Crippen molar-refractivity contribution in [1.29, 1.82) is 0 Å². The van der Waals surface area contributed by atoms with Crippen molar-refractivity contribution in [2.75, 3.05) is 14.2 Å². The van der Waals surface area contributed by atoms with E-state index < -0.39 is 6.10 Å². The molecule has 0 aromatic heterocycles. The van der Waals surface area contributed by atoms with E-state index in [1.807, 2.05) is 31.2 Å². The summed E-state index contributed by atoms with van der Waals surface area (Å²) in [6.45, 7) is 3.77. The lowest BCUT2D eigenvalue weighted by Gasteiger charge is -2.21. The molecular formula is C20H25NO4. The Labute approximate surface area is 148 Å². The fourth-order valence-electron chi connectivity index (χ4n) is 2.46. The van der Waals surface area contributed by atoms with Gasteiger partial charge in [-0.15, -0.1) is 0 Å². The molecule has 25 heavy (non-hydrogen) atoms. The molecule has 0 bridgehead atoms. The summed E-state index contributed by atoms with van der Waals surface area (Å²) < 4.78 is 16.0. The molecule has 5 heteroatoms. The standard InChI is InChI=1S/C20H25NO4/c1-5-19(15-6-8-16(23-3)9-7-15)21-20(22)14(2)25-18-12-10-17(24-4)11-13-18/h6-14,19H,5H2,1-4H3,(H,21,22). The van der Waals surface area contributed by atoms with Gasteiger partial charge in [0.2, 0.25) is 0 Å². The molecule has 0 aliphatic heterocycles. The maximum Gasteiger partial charge on any atom is 0.261 e. The smallest absolute Gasteiger partial charge is 0.261 e. The number of benzene rings is 2. The van der Waals surface area contributed by atoms with Gasteiger partial charge in [-0.1, -0.05) is 19.1 Å². The Balaban J connectivity index is 1.97. The van der Waals surface area contributed by atoms with Gasteiger partial charge in [0.15, 0.2) is 6.10 Å². The van der Waals surface area contributed by atoms with Crippen LogP contribution in [0.25, 0.3) is 0 Å². The summed E-state index contributed by atoms with van der Waals surface area (Å²) in [5.41, 5.74) is 1.04. The lowest BCUT2D eigenvalue weighted by molar-refractivity contribution is -0.128.